The SMILES string of the molecule is CCOC(=O)c1cc(=O)nc2sc3cccc(Cl)c3n12. The summed E-state index contributed by atoms with van der Waals surface area (Å²) in [6, 6.07) is 6.56. The summed E-state index contributed by atoms with van der Waals surface area (Å²) in [5.41, 5.74) is 0.321. The van der Waals surface area contributed by atoms with Crippen molar-refractivity contribution >= 4 is 44.1 Å². The summed E-state index contributed by atoms with van der Waals surface area (Å²) in [6.45, 7) is 1.94. The minimum Gasteiger partial charge on any atom is -0.461 e. The average molecular weight is 309 g/mol. The lowest BCUT2D eigenvalue weighted by atomic mass is 10.3. The van der Waals surface area contributed by atoms with Crippen molar-refractivity contribution in [3.05, 3.63) is 45.3 Å². The fraction of sp³-hybridized carbons (Fsp3) is 0.154. The number of carbonyl (C=O) groups excluding carboxylic acids is 1. The molecule has 3 rings (SSSR count). The molecule has 2 heterocycles. The smallest absolute Gasteiger partial charge is 0.355 e. The largest absolute Gasteiger partial charge is 0.461 e. The highest BCUT2D eigenvalue weighted by Gasteiger charge is 2.18. The Hall–Kier alpha value is -1.92. The quantitative estimate of drug-likeness (QED) is 0.683. The number of esters is 1. The molecule has 0 spiro atoms. The molecule has 0 atom stereocenters. The third kappa shape index (κ3) is 1.97. The van der Waals surface area contributed by atoms with E-state index in [9.17, 15) is 9.59 Å². The average Bonchev–Trinajstić information content (AvgIpc) is 2.77. The molecule has 0 aliphatic heterocycles. The predicted molar refractivity (Wildman–Crippen MR) is 77.8 cm³/mol. The molecule has 2 aromatic heterocycles. The van der Waals surface area contributed by atoms with Crippen LogP contribution in [-0.2, 0) is 4.74 Å². The molecule has 0 bridgehead atoms. The van der Waals surface area contributed by atoms with E-state index in [2.05, 4.69) is 4.98 Å². The number of carbonyl (C=O) groups is 1. The Morgan fingerprint density at radius 3 is 3.05 bits per heavy atom. The fourth-order valence-electron chi connectivity index (χ4n) is 1.99. The Morgan fingerprint density at radius 1 is 1.50 bits per heavy atom. The third-order valence-electron chi connectivity index (χ3n) is 2.76. The zero-order chi connectivity index (χ0) is 14.3. The number of nitrogens with zero attached hydrogens (tertiary/aromatic N) is 2. The lowest BCUT2D eigenvalue weighted by Crippen LogP contribution is -2.16. The van der Waals surface area contributed by atoms with Crippen LogP contribution in [0.1, 0.15) is 17.4 Å². The first-order valence-electron chi connectivity index (χ1n) is 5.89. The number of aromatic nitrogens is 2. The second kappa shape index (κ2) is 4.88. The minimum absolute atomic E-state index is 0.140. The van der Waals surface area contributed by atoms with E-state index in [4.69, 9.17) is 16.3 Å². The summed E-state index contributed by atoms with van der Waals surface area (Å²) in [5, 5.41) is 0.491. The molecule has 1 aromatic carbocycles. The van der Waals surface area contributed by atoms with Crippen LogP contribution in [-0.4, -0.2) is 22.0 Å². The maximum absolute atomic E-state index is 12.0. The molecule has 0 radical (unpaired) electrons. The summed E-state index contributed by atoms with van der Waals surface area (Å²) < 4.78 is 7.40. The van der Waals surface area contributed by atoms with E-state index >= 15 is 0 Å². The summed E-state index contributed by atoms with van der Waals surface area (Å²) >= 11 is 7.50. The Morgan fingerprint density at radius 2 is 2.30 bits per heavy atom. The van der Waals surface area contributed by atoms with Gasteiger partial charge in [-0.15, -0.1) is 0 Å². The zero-order valence-electron chi connectivity index (χ0n) is 10.4. The lowest BCUT2D eigenvalue weighted by molar-refractivity contribution is 0.0518. The van der Waals surface area contributed by atoms with Gasteiger partial charge >= 0.3 is 5.97 Å². The van der Waals surface area contributed by atoms with Crippen molar-refractivity contribution in [1.82, 2.24) is 9.38 Å². The Kier molecular flexibility index (Phi) is 3.19. The molecule has 0 amide bonds. The molecule has 3 aromatic rings. The molecule has 0 aliphatic carbocycles. The van der Waals surface area contributed by atoms with Crippen molar-refractivity contribution in [1.29, 1.82) is 0 Å². The topological polar surface area (TPSA) is 60.7 Å². The number of rotatable bonds is 2. The summed E-state index contributed by atoms with van der Waals surface area (Å²) in [6.07, 6.45) is 0. The molecule has 0 unspecified atom stereocenters. The molecule has 0 aliphatic rings. The van der Waals surface area contributed by atoms with Crippen LogP contribution >= 0.6 is 22.9 Å². The molecule has 7 heteroatoms. The summed E-state index contributed by atoms with van der Waals surface area (Å²) in [5.74, 6) is -0.568. The first-order valence-corrected chi connectivity index (χ1v) is 7.09. The van der Waals surface area contributed by atoms with Gasteiger partial charge < -0.3 is 4.74 Å². The van der Waals surface area contributed by atoms with Crippen LogP contribution in [0.2, 0.25) is 5.02 Å². The van der Waals surface area contributed by atoms with E-state index in [1.165, 1.54) is 17.4 Å². The monoisotopic (exact) mass is 308 g/mol. The van der Waals surface area contributed by atoms with Crippen molar-refractivity contribution in [2.24, 2.45) is 0 Å². The molecule has 102 valence electrons. The molecule has 0 N–H and O–H groups in total. The van der Waals surface area contributed by atoms with Gasteiger partial charge in [-0.25, -0.2) is 4.79 Å². The van der Waals surface area contributed by atoms with Gasteiger partial charge in [0.05, 0.1) is 21.8 Å². The Labute approximate surface area is 122 Å². The van der Waals surface area contributed by atoms with Crippen molar-refractivity contribution < 1.29 is 9.53 Å². The maximum atomic E-state index is 12.0. The van der Waals surface area contributed by atoms with Crippen LogP contribution in [0.4, 0.5) is 0 Å². The third-order valence-corrected chi connectivity index (χ3v) is 4.07. The van der Waals surface area contributed by atoms with Gasteiger partial charge in [0.25, 0.3) is 5.56 Å². The standard InChI is InChI=1S/C13H9ClN2O3S/c1-2-19-12(18)8-6-10(17)15-13-16(8)11-7(14)4-3-5-9(11)20-13/h3-6H,2H2,1H3. The van der Waals surface area contributed by atoms with Gasteiger partial charge in [0.15, 0.2) is 4.96 Å². The van der Waals surface area contributed by atoms with Gasteiger partial charge in [-0.3, -0.25) is 9.20 Å². The highest BCUT2D eigenvalue weighted by molar-refractivity contribution is 7.23. The number of hydrogen-bond acceptors (Lipinski definition) is 5. The maximum Gasteiger partial charge on any atom is 0.355 e. The van der Waals surface area contributed by atoms with E-state index < -0.39 is 11.5 Å². The van der Waals surface area contributed by atoms with Crippen LogP contribution in [0.5, 0.6) is 0 Å². The number of thiazole rings is 1. The van der Waals surface area contributed by atoms with Crippen LogP contribution < -0.4 is 5.56 Å². The molecule has 0 saturated carbocycles. The van der Waals surface area contributed by atoms with Crippen molar-refractivity contribution in [2.75, 3.05) is 6.61 Å². The number of hydrogen-bond donors (Lipinski definition) is 0. The highest BCUT2D eigenvalue weighted by Crippen LogP contribution is 2.31. The predicted octanol–water partition coefficient (Wildman–Crippen LogP) is 2.74. The molecule has 5 nitrogen and oxygen atoms in total. The van der Waals surface area contributed by atoms with Crippen LogP contribution in [0.3, 0.4) is 0 Å². The van der Waals surface area contributed by atoms with Crippen LogP contribution in [0.25, 0.3) is 15.2 Å². The summed E-state index contributed by atoms with van der Waals surface area (Å²) in [7, 11) is 0. The van der Waals surface area contributed by atoms with Gasteiger partial charge in [-0.2, -0.15) is 4.98 Å². The van der Waals surface area contributed by atoms with Gasteiger partial charge in [0.2, 0.25) is 0 Å². The van der Waals surface area contributed by atoms with E-state index in [0.29, 0.717) is 15.5 Å². The zero-order valence-corrected chi connectivity index (χ0v) is 12.0. The summed E-state index contributed by atoms with van der Waals surface area (Å²) in [4.78, 5) is 28.0. The first kappa shape index (κ1) is 13.1. The minimum atomic E-state index is -0.568. The number of benzene rings is 1. The molecule has 0 saturated heterocycles. The van der Waals surface area contributed by atoms with Crippen molar-refractivity contribution in [3.8, 4) is 0 Å². The number of ether oxygens (including phenoxy) is 1. The van der Waals surface area contributed by atoms with Gasteiger partial charge in [0, 0.05) is 6.07 Å². The van der Waals surface area contributed by atoms with Gasteiger partial charge in [-0.05, 0) is 19.1 Å². The van der Waals surface area contributed by atoms with Crippen molar-refractivity contribution in [2.45, 2.75) is 6.92 Å². The molecular formula is C13H9ClN2O3S. The van der Waals surface area contributed by atoms with Gasteiger partial charge in [-0.1, -0.05) is 29.0 Å². The second-order valence-electron chi connectivity index (χ2n) is 4.01. The molecule has 20 heavy (non-hydrogen) atoms. The lowest BCUT2D eigenvalue weighted by Gasteiger charge is -2.05. The second-order valence-corrected chi connectivity index (χ2v) is 5.42. The van der Waals surface area contributed by atoms with E-state index in [1.54, 1.807) is 17.4 Å². The van der Waals surface area contributed by atoms with Crippen LogP contribution in [0, 0.1) is 0 Å². The van der Waals surface area contributed by atoms with E-state index in [1.807, 2.05) is 12.1 Å². The van der Waals surface area contributed by atoms with Crippen LogP contribution in [0.15, 0.2) is 29.1 Å². The Balaban J connectivity index is 2.47. The van der Waals surface area contributed by atoms with Crippen molar-refractivity contribution in [3.63, 3.8) is 0 Å². The number of para-hydroxylation sites is 1. The molecule has 0 fully saturated rings. The number of halogens is 1. The normalized spacial score (nSPS) is 11.1. The highest BCUT2D eigenvalue weighted by atomic mass is 35.5. The fourth-order valence-corrected chi connectivity index (χ4v) is 3.37. The molecular weight excluding hydrogens is 300 g/mol. The van der Waals surface area contributed by atoms with E-state index in [-0.39, 0.29) is 12.3 Å². The first-order chi connectivity index (χ1) is 9.61. The van der Waals surface area contributed by atoms with E-state index in [0.717, 1.165) is 4.70 Å². The Bertz CT molecular complexity index is 884. The van der Waals surface area contributed by atoms with Gasteiger partial charge in [0.1, 0.15) is 5.69 Å². The number of fused-ring (bicyclic) bond motifs is 3.